The molecule has 0 atom stereocenters. The first-order valence-electron chi connectivity index (χ1n) is 10.3. The number of thiophene rings is 1. The van der Waals surface area contributed by atoms with Crippen molar-refractivity contribution >= 4 is 40.1 Å². The molecule has 1 N–H and O–H groups in total. The van der Waals surface area contributed by atoms with Crippen molar-refractivity contribution in [2.75, 3.05) is 10.2 Å². The third-order valence-corrected chi connectivity index (χ3v) is 5.84. The van der Waals surface area contributed by atoms with E-state index < -0.39 is 0 Å². The summed E-state index contributed by atoms with van der Waals surface area (Å²) < 4.78 is 5.68. The van der Waals surface area contributed by atoms with Crippen LogP contribution in [0.15, 0.2) is 71.7 Å². The molecule has 0 spiro atoms. The molecule has 1 aliphatic rings. The van der Waals surface area contributed by atoms with Crippen molar-refractivity contribution in [2.24, 2.45) is 0 Å². The molecule has 0 saturated carbocycles. The molecule has 158 valence electrons. The number of rotatable bonds is 7. The van der Waals surface area contributed by atoms with Gasteiger partial charge in [-0.1, -0.05) is 25.1 Å². The highest BCUT2D eigenvalue weighted by atomic mass is 32.1. The van der Waals surface area contributed by atoms with Crippen LogP contribution in [0, 0.1) is 0 Å². The fourth-order valence-electron chi connectivity index (χ4n) is 3.44. The van der Waals surface area contributed by atoms with E-state index in [-0.39, 0.29) is 23.6 Å². The van der Waals surface area contributed by atoms with Crippen molar-refractivity contribution in [1.29, 1.82) is 0 Å². The molecule has 5 nitrogen and oxygen atoms in total. The second-order valence-electron chi connectivity index (χ2n) is 7.51. The summed E-state index contributed by atoms with van der Waals surface area (Å²) >= 11 is 1.44. The number of anilines is 2. The molecule has 1 aromatic heterocycles. The van der Waals surface area contributed by atoms with Gasteiger partial charge in [-0.3, -0.25) is 9.59 Å². The van der Waals surface area contributed by atoms with Gasteiger partial charge in [0.25, 0.3) is 11.8 Å². The van der Waals surface area contributed by atoms with E-state index in [0.717, 1.165) is 22.6 Å². The second-order valence-corrected chi connectivity index (χ2v) is 8.46. The maximum absolute atomic E-state index is 13.4. The van der Waals surface area contributed by atoms with Gasteiger partial charge >= 0.3 is 0 Å². The molecular formula is C25H24N2O3S. The standard InChI is InChI=1S/C25H24N2O3S/c1-4-17-7-11-19(12-8-17)27-24(28)22(21-6-5-15-31-21)23(25(27)29)26-18-9-13-20(14-10-18)30-16(2)3/h5-16,26H,4H2,1-3H3. The van der Waals surface area contributed by atoms with E-state index in [9.17, 15) is 9.59 Å². The summed E-state index contributed by atoms with van der Waals surface area (Å²) in [6.45, 7) is 6.00. The third-order valence-electron chi connectivity index (χ3n) is 4.95. The van der Waals surface area contributed by atoms with Crippen LogP contribution in [0.3, 0.4) is 0 Å². The van der Waals surface area contributed by atoms with Crippen LogP contribution in [0.1, 0.15) is 31.2 Å². The quantitative estimate of drug-likeness (QED) is 0.501. The van der Waals surface area contributed by atoms with Gasteiger partial charge < -0.3 is 10.1 Å². The SMILES string of the molecule is CCc1ccc(N2C(=O)C(Nc3ccc(OC(C)C)cc3)=C(c3cccs3)C2=O)cc1. The Kier molecular flexibility index (Phi) is 5.91. The van der Waals surface area contributed by atoms with Crippen molar-refractivity contribution in [3.8, 4) is 5.75 Å². The predicted molar refractivity (Wildman–Crippen MR) is 125 cm³/mol. The summed E-state index contributed by atoms with van der Waals surface area (Å²) in [4.78, 5) is 28.7. The number of aryl methyl sites for hydroxylation is 1. The predicted octanol–water partition coefficient (Wildman–Crippen LogP) is 5.49. The fraction of sp³-hybridized carbons (Fsp3) is 0.200. The average Bonchev–Trinajstić information content (AvgIpc) is 3.36. The van der Waals surface area contributed by atoms with Crippen LogP contribution in [0.25, 0.3) is 5.57 Å². The van der Waals surface area contributed by atoms with Gasteiger partial charge in [-0.15, -0.1) is 11.3 Å². The minimum absolute atomic E-state index is 0.0774. The van der Waals surface area contributed by atoms with Crippen LogP contribution in [0.5, 0.6) is 5.75 Å². The molecule has 0 unspecified atom stereocenters. The number of nitrogens with one attached hydrogen (secondary N) is 1. The van der Waals surface area contributed by atoms with Gasteiger partial charge in [-0.05, 0) is 73.7 Å². The summed E-state index contributed by atoms with van der Waals surface area (Å²) in [6, 6.07) is 18.6. The molecule has 2 amide bonds. The summed E-state index contributed by atoms with van der Waals surface area (Å²) in [5.41, 5.74) is 3.10. The summed E-state index contributed by atoms with van der Waals surface area (Å²) in [5.74, 6) is 0.0681. The number of amides is 2. The Hall–Kier alpha value is -3.38. The number of hydrogen-bond donors (Lipinski definition) is 1. The Morgan fingerprint density at radius 2 is 1.68 bits per heavy atom. The van der Waals surface area contributed by atoms with Gasteiger partial charge in [0.15, 0.2) is 0 Å². The van der Waals surface area contributed by atoms with E-state index in [4.69, 9.17) is 4.74 Å². The average molecular weight is 433 g/mol. The molecule has 6 heteroatoms. The van der Waals surface area contributed by atoms with Crippen molar-refractivity contribution in [3.63, 3.8) is 0 Å². The minimum Gasteiger partial charge on any atom is -0.491 e. The molecule has 0 saturated heterocycles. The van der Waals surface area contributed by atoms with E-state index in [1.54, 1.807) is 0 Å². The monoisotopic (exact) mass is 432 g/mol. The van der Waals surface area contributed by atoms with E-state index in [2.05, 4.69) is 12.2 Å². The van der Waals surface area contributed by atoms with Crippen LogP contribution in [0.4, 0.5) is 11.4 Å². The Morgan fingerprint density at radius 1 is 0.968 bits per heavy atom. The minimum atomic E-state index is -0.361. The van der Waals surface area contributed by atoms with Crippen LogP contribution in [0.2, 0.25) is 0 Å². The second kappa shape index (κ2) is 8.78. The Labute approximate surface area is 186 Å². The molecule has 0 bridgehead atoms. The zero-order valence-electron chi connectivity index (χ0n) is 17.7. The highest BCUT2D eigenvalue weighted by Crippen LogP contribution is 2.35. The maximum Gasteiger partial charge on any atom is 0.282 e. The van der Waals surface area contributed by atoms with Crippen molar-refractivity contribution < 1.29 is 14.3 Å². The lowest BCUT2D eigenvalue weighted by molar-refractivity contribution is -0.120. The zero-order chi connectivity index (χ0) is 22.0. The molecule has 3 aromatic rings. The zero-order valence-corrected chi connectivity index (χ0v) is 18.5. The van der Waals surface area contributed by atoms with Gasteiger partial charge in [0.05, 0.1) is 17.4 Å². The Bertz CT molecular complexity index is 1110. The van der Waals surface area contributed by atoms with Crippen LogP contribution in [-0.2, 0) is 16.0 Å². The van der Waals surface area contributed by atoms with Gasteiger partial charge in [-0.2, -0.15) is 0 Å². The summed E-state index contributed by atoms with van der Waals surface area (Å²) in [5, 5.41) is 5.08. The number of ether oxygens (including phenoxy) is 1. The van der Waals surface area contributed by atoms with E-state index in [1.807, 2.05) is 79.9 Å². The number of nitrogens with zero attached hydrogens (tertiary/aromatic N) is 1. The molecule has 31 heavy (non-hydrogen) atoms. The highest BCUT2D eigenvalue weighted by molar-refractivity contribution is 7.11. The smallest absolute Gasteiger partial charge is 0.282 e. The van der Waals surface area contributed by atoms with Gasteiger partial charge in [-0.25, -0.2) is 4.90 Å². The number of carbonyl (C=O) groups is 2. The third kappa shape index (κ3) is 4.25. The molecule has 4 rings (SSSR count). The molecule has 0 radical (unpaired) electrons. The molecule has 1 aliphatic heterocycles. The van der Waals surface area contributed by atoms with Crippen LogP contribution >= 0.6 is 11.3 Å². The van der Waals surface area contributed by atoms with Crippen LogP contribution in [-0.4, -0.2) is 17.9 Å². The molecule has 2 heterocycles. The van der Waals surface area contributed by atoms with Gasteiger partial charge in [0, 0.05) is 10.6 Å². The van der Waals surface area contributed by atoms with E-state index in [1.165, 1.54) is 16.2 Å². The van der Waals surface area contributed by atoms with Gasteiger partial charge in [0.2, 0.25) is 0 Å². The Morgan fingerprint density at radius 3 is 2.26 bits per heavy atom. The summed E-state index contributed by atoms with van der Waals surface area (Å²) in [7, 11) is 0. The largest absolute Gasteiger partial charge is 0.491 e. The van der Waals surface area contributed by atoms with Crippen LogP contribution < -0.4 is 15.0 Å². The van der Waals surface area contributed by atoms with Crippen molar-refractivity contribution in [1.82, 2.24) is 0 Å². The molecule has 0 aliphatic carbocycles. The number of carbonyl (C=O) groups excluding carboxylic acids is 2. The highest BCUT2D eigenvalue weighted by Gasteiger charge is 2.40. The van der Waals surface area contributed by atoms with E-state index >= 15 is 0 Å². The topological polar surface area (TPSA) is 58.6 Å². The molecular weight excluding hydrogens is 408 g/mol. The van der Waals surface area contributed by atoms with Gasteiger partial charge in [0.1, 0.15) is 11.4 Å². The number of imide groups is 1. The number of benzene rings is 2. The lowest BCUT2D eigenvalue weighted by Crippen LogP contribution is -2.32. The molecule has 2 aromatic carbocycles. The normalized spacial score (nSPS) is 14.0. The maximum atomic E-state index is 13.4. The first-order chi connectivity index (χ1) is 15.0. The molecule has 0 fully saturated rings. The van der Waals surface area contributed by atoms with Crippen molar-refractivity contribution in [2.45, 2.75) is 33.3 Å². The fourth-order valence-corrected chi connectivity index (χ4v) is 4.21. The lowest BCUT2D eigenvalue weighted by atomic mass is 10.1. The first kappa shape index (κ1) is 20.9. The lowest BCUT2D eigenvalue weighted by Gasteiger charge is -2.16. The first-order valence-corrected chi connectivity index (χ1v) is 11.2. The number of hydrogen-bond acceptors (Lipinski definition) is 5. The Balaban J connectivity index is 1.68. The van der Waals surface area contributed by atoms with Crippen molar-refractivity contribution in [3.05, 3.63) is 82.2 Å². The summed E-state index contributed by atoms with van der Waals surface area (Å²) in [6.07, 6.45) is 0.970. The van der Waals surface area contributed by atoms with E-state index in [0.29, 0.717) is 16.9 Å².